The molecule has 3 rings (SSSR count). The predicted octanol–water partition coefficient (Wildman–Crippen LogP) is 4.60. The molecule has 2 aromatic carbocycles. The lowest BCUT2D eigenvalue weighted by atomic mass is 9.84. The van der Waals surface area contributed by atoms with Crippen molar-refractivity contribution in [3.8, 4) is 11.3 Å². The number of hydrogen-bond acceptors (Lipinski definition) is 5. The first kappa shape index (κ1) is 30.1. The second-order valence-electron chi connectivity index (χ2n) is 10.4. The van der Waals surface area contributed by atoms with E-state index in [2.05, 4.69) is 17.9 Å². The van der Waals surface area contributed by atoms with Crippen LogP contribution in [0.15, 0.2) is 54.7 Å². The number of carbonyl (C=O) groups is 2. The van der Waals surface area contributed by atoms with Crippen LogP contribution in [0.5, 0.6) is 0 Å². The summed E-state index contributed by atoms with van der Waals surface area (Å²) in [6, 6.07) is 11.9. The molecule has 0 fully saturated rings. The number of aliphatic hydroxyl groups is 1. The summed E-state index contributed by atoms with van der Waals surface area (Å²) in [5, 5.41) is 21.3. The summed E-state index contributed by atoms with van der Waals surface area (Å²) in [6.45, 7) is 5.41. The van der Waals surface area contributed by atoms with Gasteiger partial charge in [-0.05, 0) is 34.9 Å². The van der Waals surface area contributed by atoms with E-state index in [9.17, 15) is 23.5 Å². The van der Waals surface area contributed by atoms with Gasteiger partial charge in [0.05, 0.1) is 11.7 Å². The van der Waals surface area contributed by atoms with Gasteiger partial charge in [-0.25, -0.2) is 18.6 Å². The Morgan fingerprint density at radius 3 is 2.44 bits per heavy atom. The lowest BCUT2D eigenvalue weighted by Gasteiger charge is -2.41. The maximum Gasteiger partial charge on any atom is 0.404 e. The highest BCUT2D eigenvalue weighted by atomic mass is 32.1. The molecule has 8 nitrogen and oxygen atoms in total. The van der Waals surface area contributed by atoms with Gasteiger partial charge >= 0.3 is 6.09 Å². The fraction of sp³-hybridized carbons (Fsp3) is 0.393. The number of carboxylic acid groups (broad SMARTS) is 1. The number of hydrogen-bond donors (Lipinski definition) is 4. The van der Waals surface area contributed by atoms with Gasteiger partial charge in [-0.15, -0.1) is 0 Å². The highest BCUT2D eigenvalue weighted by Gasteiger charge is 2.39. The van der Waals surface area contributed by atoms with Gasteiger partial charge in [0.1, 0.15) is 24.1 Å². The van der Waals surface area contributed by atoms with Crippen LogP contribution in [0, 0.1) is 23.0 Å². The average Bonchev–Trinajstić information content (AvgIpc) is 3.28. The van der Waals surface area contributed by atoms with Gasteiger partial charge in [0.2, 0.25) is 5.91 Å². The van der Waals surface area contributed by atoms with Crippen LogP contribution < -0.4 is 5.32 Å². The SMILES string of the molecule is CC(C)(C)[C@H](c1nc(-c2cc(F)ccc2F)cn1Cc1ccccc1)N(CC(CS)CNC(=O)O)C(=O)CO. The number of nitrogens with zero attached hydrogens (tertiary/aromatic N) is 3. The minimum atomic E-state index is -1.20. The molecule has 0 saturated carbocycles. The monoisotopic (exact) mass is 560 g/mol. The Morgan fingerprint density at radius 2 is 1.85 bits per heavy atom. The standard InChI is InChI=1S/C28H34F2N4O4S/c1-28(2,3)25(34(24(36)16-35)14-19(17-39)12-31-27(37)38)26-32-23(21-11-20(29)9-10-22(21)30)15-33(26)13-18-7-5-4-6-8-18/h4-11,15,19,25,31,35,39H,12-14,16-17H2,1-3H3,(H,37,38)/t19?,25-/m0/s1. The largest absolute Gasteiger partial charge is 0.465 e. The third kappa shape index (κ3) is 7.79. The number of aromatic nitrogens is 2. The Labute approximate surface area is 232 Å². The molecule has 1 aromatic heterocycles. The molecule has 0 saturated heterocycles. The van der Waals surface area contributed by atoms with Crippen molar-refractivity contribution in [3.63, 3.8) is 0 Å². The van der Waals surface area contributed by atoms with E-state index < -0.39 is 41.7 Å². The number of nitrogens with one attached hydrogen (secondary N) is 1. The van der Waals surface area contributed by atoms with Gasteiger partial charge in [-0.3, -0.25) is 4.79 Å². The second kappa shape index (κ2) is 13.1. The number of thiol groups is 1. The molecule has 0 aliphatic carbocycles. The van der Waals surface area contributed by atoms with E-state index in [1.54, 1.807) is 10.8 Å². The maximum atomic E-state index is 14.8. The third-order valence-electron chi connectivity index (χ3n) is 6.29. The molecule has 1 heterocycles. The number of rotatable bonds is 11. The Balaban J connectivity index is 2.18. The van der Waals surface area contributed by atoms with E-state index in [1.807, 2.05) is 51.1 Å². The summed E-state index contributed by atoms with van der Waals surface area (Å²) in [4.78, 5) is 30.5. The fourth-order valence-corrected chi connectivity index (χ4v) is 4.76. The molecule has 210 valence electrons. The molecule has 0 aliphatic rings. The Kier molecular flexibility index (Phi) is 10.1. The maximum absolute atomic E-state index is 14.8. The highest BCUT2D eigenvalue weighted by molar-refractivity contribution is 7.80. The molecule has 0 spiro atoms. The van der Waals surface area contributed by atoms with Gasteiger partial charge in [0.25, 0.3) is 0 Å². The zero-order valence-corrected chi connectivity index (χ0v) is 23.0. The number of carbonyl (C=O) groups excluding carboxylic acids is 1. The van der Waals surface area contributed by atoms with Crippen molar-refractivity contribution in [2.24, 2.45) is 11.3 Å². The Hall–Kier alpha value is -3.44. The van der Waals surface area contributed by atoms with Gasteiger partial charge < -0.3 is 25.0 Å². The topological polar surface area (TPSA) is 108 Å². The van der Waals surface area contributed by atoms with Crippen LogP contribution in [-0.2, 0) is 11.3 Å². The van der Waals surface area contributed by atoms with Crippen molar-refractivity contribution in [2.45, 2.75) is 33.4 Å². The molecule has 0 aliphatic heterocycles. The van der Waals surface area contributed by atoms with Crippen LogP contribution in [0.3, 0.4) is 0 Å². The third-order valence-corrected chi connectivity index (χ3v) is 6.81. The van der Waals surface area contributed by atoms with E-state index in [1.165, 1.54) is 4.90 Å². The molecule has 1 unspecified atom stereocenters. The fourth-order valence-electron chi connectivity index (χ4n) is 4.51. The summed E-state index contributed by atoms with van der Waals surface area (Å²) in [6.07, 6.45) is 0.428. The van der Waals surface area contributed by atoms with Crippen LogP contribution in [-0.4, -0.2) is 62.1 Å². The number of imidazole rings is 1. The normalized spacial score (nSPS) is 13.1. The first-order valence-corrected chi connectivity index (χ1v) is 13.1. The molecule has 3 aromatic rings. The number of aliphatic hydroxyl groups excluding tert-OH is 1. The lowest BCUT2D eigenvalue weighted by Crippen LogP contribution is -2.47. The smallest absolute Gasteiger partial charge is 0.404 e. The summed E-state index contributed by atoms with van der Waals surface area (Å²) in [5.74, 6) is -1.52. The molecule has 3 N–H and O–H groups in total. The molecule has 39 heavy (non-hydrogen) atoms. The van der Waals surface area contributed by atoms with Crippen LogP contribution in [0.2, 0.25) is 0 Å². The van der Waals surface area contributed by atoms with Crippen LogP contribution in [0.1, 0.15) is 38.2 Å². The van der Waals surface area contributed by atoms with E-state index in [4.69, 9.17) is 10.1 Å². The van der Waals surface area contributed by atoms with Gasteiger partial charge in [0.15, 0.2) is 0 Å². The molecule has 0 radical (unpaired) electrons. The van der Waals surface area contributed by atoms with Crippen molar-refractivity contribution in [1.29, 1.82) is 0 Å². The Morgan fingerprint density at radius 1 is 1.15 bits per heavy atom. The van der Waals surface area contributed by atoms with Crippen molar-refractivity contribution in [2.75, 3.05) is 25.4 Å². The highest BCUT2D eigenvalue weighted by Crippen LogP contribution is 2.40. The molecular weight excluding hydrogens is 526 g/mol. The second-order valence-corrected chi connectivity index (χ2v) is 10.8. The molecule has 2 atom stereocenters. The van der Waals surface area contributed by atoms with Crippen LogP contribution in [0.4, 0.5) is 13.6 Å². The summed E-state index contributed by atoms with van der Waals surface area (Å²) >= 11 is 4.35. The zero-order chi connectivity index (χ0) is 28.7. The first-order chi connectivity index (χ1) is 18.4. The van der Waals surface area contributed by atoms with Crippen LogP contribution in [0.25, 0.3) is 11.3 Å². The van der Waals surface area contributed by atoms with Crippen molar-refractivity contribution in [1.82, 2.24) is 19.8 Å². The van der Waals surface area contributed by atoms with E-state index in [0.717, 1.165) is 23.8 Å². The quantitative estimate of drug-likeness (QED) is 0.257. The summed E-state index contributed by atoms with van der Waals surface area (Å²) in [5.41, 5.74) is 0.467. The number of benzene rings is 2. The molecule has 2 amide bonds. The van der Waals surface area contributed by atoms with Crippen molar-refractivity contribution >= 4 is 24.6 Å². The van der Waals surface area contributed by atoms with Crippen LogP contribution >= 0.6 is 12.6 Å². The minimum Gasteiger partial charge on any atom is -0.465 e. The molecule has 0 bridgehead atoms. The van der Waals surface area contributed by atoms with E-state index in [-0.39, 0.29) is 36.0 Å². The van der Waals surface area contributed by atoms with Crippen molar-refractivity contribution in [3.05, 3.63) is 77.8 Å². The first-order valence-electron chi connectivity index (χ1n) is 12.5. The lowest BCUT2D eigenvalue weighted by molar-refractivity contribution is -0.140. The molecular formula is C28H34F2N4O4S. The zero-order valence-electron chi connectivity index (χ0n) is 22.1. The van der Waals surface area contributed by atoms with Crippen molar-refractivity contribution < 1.29 is 28.6 Å². The average molecular weight is 561 g/mol. The summed E-state index contributed by atoms with van der Waals surface area (Å²) < 4.78 is 30.7. The minimum absolute atomic E-state index is 0.0188. The van der Waals surface area contributed by atoms with Gasteiger partial charge in [-0.1, -0.05) is 51.1 Å². The number of amides is 2. The molecule has 11 heteroatoms. The van der Waals surface area contributed by atoms with Gasteiger partial charge in [-0.2, -0.15) is 12.6 Å². The van der Waals surface area contributed by atoms with E-state index >= 15 is 0 Å². The summed E-state index contributed by atoms with van der Waals surface area (Å²) in [7, 11) is 0. The number of halogens is 2. The predicted molar refractivity (Wildman–Crippen MR) is 147 cm³/mol. The Bertz CT molecular complexity index is 1280. The van der Waals surface area contributed by atoms with Gasteiger partial charge in [0, 0.05) is 37.3 Å². The van der Waals surface area contributed by atoms with E-state index in [0.29, 0.717) is 12.4 Å².